The van der Waals surface area contributed by atoms with E-state index >= 15 is 0 Å². The Kier molecular flexibility index (Phi) is 8.31. The molecule has 0 aliphatic heterocycles. The van der Waals surface area contributed by atoms with Crippen molar-refractivity contribution >= 4 is 5.91 Å². The van der Waals surface area contributed by atoms with E-state index in [1.54, 1.807) is 11.8 Å². The standard InChI is InChI=1S/C28H35FN8O/c1-20-32-33-34-37(20)19-25(38)36(17-23(29)15-30)26(28(2,3)4)27-31-24(22-13-9-6-10-14-22)18-35(27)16-21-11-7-5-8-12-21/h5-14,18,23,26H,15-17,19,30H2,1-4H3/t23-,26-/m0/s1. The number of aryl methyl sites for hydroxylation is 1. The molecule has 2 N–H and O–H groups in total. The van der Waals surface area contributed by atoms with Gasteiger partial charge in [0.05, 0.1) is 18.3 Å². The molecule has 0 radical (unpaired) electrons. The van der Waals surface area contributed by atoms with Gasteiger partial charge in [0.2, 0.25) is 5.91 Å². The summed E-state index contributed by atoms with van der Waals surface area (Å²) < 4.78 is 18.4. The number of carbonyl (C=O) groups excluding carboxylic acids is 1. The highest BCUT2D eigenvalue weighted by Crippen LogP contribution is 2.39. The van der Waals surface area contributed by atoms with E-state index < -0.39 is 17.6 Å². The fraction of sp³-hybridized carbons (Fsp3) is 0.393. The van der Waals surface area contributed by atoms with Crippen LogP contribution in [0.3, 0.4) is 0 Å². The Balaban J connectivity index is 1.83. The lowest BCUT2D eigenvalue weighted by Gasteiger charge is -2.40. The van der Waals surface area contributed by atoms with E-state index in [1.165, 1.54) is 4.68 Å². The Labute approximate surface area is 222 Å². The molecule has 2 heterocycles. The summed E-state index contributed by atoms with van der Waals surface area (Å²) in [7, 11) is 0. The summed E-state index contributed by atoms with van der Waals surface area (Å²) in [5.74, 6) is 0.858. The van der Waals surface area contributed by atoms with Gasteiger partial charge in [-0.25, -0.2) is 14.1 Å². The van der Waals surface area contributed by atoms with Gasteiger partial charge in [-0.15, -0.1) is 5.10 Å². The van der Waals surface area contributed by atoms with E-state index in [4.69, 9.17) is 10.7 Å². The number of halogens is 1. The van der Waals surface area contributed by atoms with E-state index in [-0.39, 0.29) is 25.5 Å². The molecular weight excluding hydrogens is 483 g/mol. The number of alkyl halides is 1. The predicted molar refractivity (Wildman–Crippen MR) is 144 cm³/mol. The molecule has 9 nitrogen and oxygen atoms in total. The quantitative estimate of drug-likeness (QED) is 0.342. The van der Waals surface area contributed by atoms with Gasteiger partial charge in [-0.05, 0) is 28.3 Å². The molecule has 4 aromatic rings. The first-order valence-electron chi connectivity index (χ1n) is 12.7. The highest BCUT2D eigenvalue weighted by molar-refractivity contribution is 5.76. The molecule has 2 aromatic heterocycles. The van der Waals surface area contributed by atoms with Crippen LogP contribution >= 0.6 is 0 Å². The average molecular weight is 519 g/mol. The number of carbonyl (C=O) groups is 1. The fourth-order valence-electron chi connectivity index (χ4n) is 4.55. The molecule has 2 aromatic carbocycles. The van der Waals surface area contributed by atoms with Crippen LogP contribution in [0.15, 0.2) is 66.9 Å². The Morgan fingerprint density at radius 1 is 1.08 bits per heavy atom. The zero-order valence-electron chi connectivity index (χ0n) is 22.3. The van der Waals surface area contributed by atoms with E-state index in [9.17, 15) is 9.18 Å². The second kappa shape index (κ2) is 11.6. The Morgan fingerprint density at radius 2 is 1.74 bits per heavy atom. The molecule has 2 atom stereocenters. The van der Waals surface area contributed by atoms with Gasteiger partial charge in [-0.1, -0.05) is 81.4 Å². The monoisotopic (exact) mass is 518 g/mol. The summed E-state index contributed by atoms with van der Waals surface area (Å²) in [6.45, 7) is 7.87. The molecule has 4 rings (SSSR count). The van der Waals surface area contributed by atoms with Gasteiger partial charge in [-0.3, -0.25) is 4.79 Å². The first kappa shape index (κ1) is 27.1. The van der Waals surface area contributed by atoms with Gasteiger partial charge in [-0.2, -0.15) is 0 Å². The van der Waals surface area contributed by atoms with Crippen LogP contribution in [-0.2, 0) is 17.9 Å². The van der Waals surface area contributed by atoms with Crippen LogP contribution < -0.4 is 5.73 Å². The summed E-state index contributed by atoms with van der Waals surface area (Å²) in [5.41, 5.74) is 8.01. The van der Waals surface area contributed by atoms with E-state index in [2.05, 4.69) is 20.1 Å². The zero-order chi connectivity index (χ0) is 27.3. The minimum atomic E-state index is -1.40. The highest BCUT2D eigenvalue weighted by atomic mass is 19.1. The average Bonchev–Trinajstić information content (AvgIpc) is 3.49. The van der Waals surface area contributed by atoms with Crippen LogP contribution in [-0.4, -0.2) is 59.8 Å². The molecule has 0 unspecified atom stereocenters. The SMILES string of the molecule is Cc1nnnn1CC(=O)N(C[C@@H](F)CN)[C@@H](c1nc(-c2ccccc2)cn1Cc1ccccc1)C(C)(C)C. The third-order valence-corrected chi connectivity index (χ3v) is 6.42. The van der Waals surface area contributed by atoms with Crippen molar-refractivity contribution in [3.8, 4) is 11.3 Å². The minimum Gasteiger partial charge on any atom is -0.328 e. The number of tetrazole rings is 1. The van der Waals surface area contributed by atoms with Gasteiger partial charge >= 0.3 is 0 Å². The topological polar surface area (TPSA) is 108 Å². The van der Waals surface area contributed by atoms with Crippen LogP contribution in [0.25, 0.3) is 11.3 Å². The molecule has 200 valence electrons. The maximum absolute atomic E-state index is 14.9. The van der Waals surface area contributed by atoms with Gasteiger partial charge in [0.15, 0.2) is 0 Å². The summed E-state index contributed by atoms with van der Waals surface area (Å²) in [5, 5.41) is 11.4. The van der Waals surface area contributed by atoms with Gasteiger partial charge in [0, 0.05) is 24.8 Å². The summed E-state index contributed by atoms with van der Waals surface area (Å²) >= 11 is 0. The third kappa shape index (κ3) is 6.31. The van der Waals surface area contributed by atoms with Crippen LogP contribution in [0.1, 0.15) is 44.0 Å². The molecule has 38 heavy (non-hydrogen) atoms. The van der Waals surface area contributed by atoms with Crippen LogP contribution in [0.5, 0.6) is 0 Å². The summed E-state index contributed by atoms with van der Waals surface area (Å²) in [4.78, 5) is 20.4. The van der Waals surface area contributed by atoms with Crippen LogP contribution in [0.2, 0.25) is 0 Å². The minimum absolute atomic E-state index is 0.117. The van der Waals surface area contributed by atoms with E-state index in [0.717, 1.165) is 16.8 Å². The van der Waals surface area contributed by atoms with Crippen molar-refractivity contribution in [3.63, 3.8) is 0 Å². The second-order valence-electron chi connectivity index (χ2n) is 10.5. The molecule has 0 spiro atoms. The molecule has 0 saturated heterocycles. The maximum Gasteiger partial charge on any atom is 0.245 e. The maximum atomic E-state index is 14.9. The van der Waals surface area contributed by atoms with Crippen molar-refractivity contribution in [2.45, 2.75) is 53.0 Å². The number of rotatable bonds is 10. The Bertz CT molecular complexity index is 1330. The van der Waals surface area contributed by atoms with Crippen molar-refractivity contribution in [2.75, 3.05) is 13.1 Å². The number of hydrogen-bond acceptors (Lipinski definition) is 6. The lowest BCUT2D eigenvalue weighted by atomic mass is 9.84. The van der Waals surface area contributed by atoms with E-state index in [0.29, 0.717) is 18.2 Å². The number of nitrogens with two attached hydrogens (primary N) is 1. The third-order valence-electron chi connectivity index (χ3n) is 6.42. The first-order valence-corrected chi connectivity index (χ1v) is 12.7. The van der Waals surface area contributed by atoms with Crippen molar-refractivity contribution in [3.05, 3.63) is 84.1 Å². The molecule has 0 aliphatic carbocycles. The second-order valence-corrected chi connectivity index (χ2v) is 10.5. The lowest BCUT2D eigenvalue weighted by Crippen LogP contribution is -2.47. The number of imidazole rings is 1. The first-order chi connectivity index (χ1) is 18.2. The molecule has 0 aliphatic rings. The van der Waals surface area contributed by atoms with Crippen molar-refractivity contribution < 1.29 is 9.18 Å². The number of benzene rings is 2. The van der Waals surface area contributed by atoms with Gasteiger partial charge < -0.3 is 15.2 Å². The molecule has 0 saturated carbocycles. The Hall–Kier alpha value is -3.92. The number of nitrogens with zero attached hydrogens (tertiary/aromatic N) is 7. The van der Waals surface area contributed by atoms with Crippen molar-refractivity contribution in [1.29, 1.82) is 0 Å². The predicted octanol–water partition coefficient (Wildman–Crippen LogP) is 3.81. The van der Waals surface area contributed by atoms with Gasteiger partial charge in [0.1, 0.15) is 24.4 Å². The molecule has 0 fully saturated rings. The van der Waals surface area contributed by atoms with Gasteiger partial charge in [0.25, 0.3) is 0 Å². The number of amides is 1. The molecule has 0 bridgehead atoms. The summed E-state index contributed by atoms with van der Waals surface area (Å²) in [6.07, 6.45) is 0.602. The summed E-state index contributed by atoms with van der Waals surface area (Å²) in [6, 6.07) is 19.4. The highest BCUT2D eigenvalue weighted by Gasteiger charge is 2.39. The van der Waals surface area contributed by atoms with Crippen molar-refractivity contribution in [2.24, 2.45) is 11.1 Å². The molecule has 10 heteroatoms. The fourth-order valence-corrected chi connectivity index (χ4v) is 4.55. The normalized spacial score (nSPS) is 13.3. The van der Waals surface area contributed by atoms with Crippen molar-refractivity contribution in [1.82, 2.24) is 34.7 Å². The smallest absolute Gasteiger partial charge is 0.245 e. The van der Waals surface area contributed by atoms with Crippen LogP contribution in [0, 0.1) is 12.3 Å². The Morgan fingerprint density at radius 3 is 2.32 bits per heavy atom. The van der Waals surface area contributed by atoms with Crippen LogP contribution in [0.4, 0.5) is 4.39 Å². The zero-order valence-corrected chi connectivity index (χ0v) is 22.3. The molecular formula is C28H35FN8O. The lowest BCUT2D eigenvalue weighted by molar-refractivity contribution is -0.138. The number of aromatic nitrogens is 6. The molecule has 1 amide bonds. The largest absolute Gasteiger partial charge is 0.328 e. The number of hydrogen-bond donors (Lipinski definition) is 1. The van der Waals surface area contributed by atoms with E-state index in [1.807, 2.05) is 87.6 Å².